The Morgan fingerprint density at radius 3 is 3.11 bits per heavy atom. The molecule has 1 aliphatic heterocycles. The Morgan fingerprint density at radius 2 is 2.26 bits per heavy atom. The second-order valence-corrected chi connectivity index (χ2v) is 4.97. The van der Waals surface area contributed by atoms with Gasteiger partial charge in [-0.1, -0.05) is 6.92 Å². The molecule has 100 valence electrons. The quantitative estimate of drug-likeness (QED) is 0.839. The molecule has 4 heteroatoms. The Hall–Kier alpha value is -1.81. The molecule has 1 atom stereocenters. The molecule has 0 bridgehead atoms. The van der Waals surface area contributed by atoms with E-state index in [0.717, 1.165) is 48.5 Å². The first-order valence-electron chi connectivity index (χ1n) is 6.79. The molecule has 2 heterocycles. The van der Waals surface area contributed by atoms with Gasteiger partial charge >= 0.3 is 0 Å². The van der Waals surface area contributed by atoms with Crippen LogP contribution in [0.5, 0.6) is 0 Å². The summed E-state index contributed by atoms with van der Waals surface area (Å²) in [5, 5.41) is 1.09. The van der Waals surface area contributed by atoms with Crippen LogP contribution in [-0.2, 0) is 4.74 Å². The van der Waals surface area contributed by atoms with Crippen molar-refractivity contribution in [1.29, 1.82) is 0 Å². The number of nitrogen functional groups attached to an aromatic ring is 1. The van der Waals surface area contributed by atoms with Crippen LogP contribution in [0, 0.1) is 0 Å². The smallest absolute Gasteiger partial charge is 0.129 e. The van der Waals surface area contributed by atoms with E-state index in [1.807, 2.05) is 18.2 Å². The summed E-state index contributed by atoms with van der Waals surface area (Å²) in [5.41, 5.74) is 7.56. The normalized spacial score (nSPS) is 19.8. The molecule has 1 aromatic carbocycles. The van der Waals surface area contributed by atoms with Crippen LogP contribution in [0.15, 0.2) is 30.3 Å². The minimum absolute atomic E-state index is 0.317. The number of ether oxygens (including phenoxy) is 1. The van der Waals surface area contributed by atoms with Gasteiger partial charge in [0.1, 0.15) is 5.82 Å². The number of nitrogens with zero attached hydrogens (tertiary/aromatic N) is 2. The topological polar surface area (TPSA) is 51.4 Å². The molecular weight excluding hydrogens is 238 g/mol. The van der Waals surface area contributed by atoms with Gasteiger partial charge in [0.05, 0.1) is 18.2 Å². The summed E-state index contributed by atoms with van der Waals surface area (Å²) in [7, 11) is 0. The predicted molar refractivity (Wildman–Crippen MR) is 78.4 cm³/mol. The van der Waals surface area contributed by atoms with Gasteiger partial charge in [0.25, 0.3) is 0 Å². The highest BCUT2D eigenvalue weighted by molar-refractivity contribution is 5.83. The lowest BCUT2D eigenvalue weighted by atomic mass is 10.2. The molecule has 3 rings (SSSR count). The van der Waals surface area contributed by atoms with E-state index in [9.17, 15) is 0 Å². The number of rotatable bonds is 2. The molecule has 1 aromatic heterocycles. The van der Waals surface area contributed by atoms with Gasteiger partial charge in [-0.2, -0.15) is 0 Å². The molecule has 2 N–H and O–H groups in total. The number of hydrogen-bond donors (Lipinski definition) is 1. The number of pyridine rings is 1. The molecule has 0 radical (unpaired) electrons. The van der Waals surface area contributed by atoms with Crippen molar-refractivity contribution in [2.45, 2.75) is 19.4 Å². The van der Waals surface area contributed by atoms with Crippen LogP contribution in [0.1, 0.15) is 13.3 Å². The summed E-state index contributed by atoms with van der Waals surface area (Å²) in [6.45, 7) is 4.76. The Bertz CT molecular complexity index is 585. The van der Waals surface area contributed by atoms with Gasteiger partial charge in [-0.15, -0.1) is 0 Å². The fraction of sp³-hybridized carbons (Fsp3) is 0.400. The lowest BCUT2D eigenvalue weighted by Crippen LogP contribution is -2.42. The lowest BCUT2D eigenvalue weighted by Gasteiger charge is -2.33. The molecule has 1 aliphatic rings. The molecule has 1 fully saturated rings. The van der Waals surface area contributed by atoms with Crippen LogP contribution in [0.4, 0.5) is 11.5 Å². The van der Waals surface area contributed by atoms with Gasteiger partial charge in [-0.3, -0.25) is 0 Å². The van der Waals surface area contributed by atoms with E-state index in [1.165, 1.54) is 0 Å². The molecular formula is C15H19N3O. The number of benzene rings is 1. The second-order valence-electron chi connectivity index (χ2n) is 4.97. The van der Waals surface area contributed by atoms with Crippen molar-refractivity contribution in [1.82, 2.24) is 4.98 Å². The monoisotopic (exact) mass is 257 g/mol. The van der Waals surface area contributed by atoms with Crippen LogP contribution in [0.3, 0.4) is 0 Å². The first kappa shape index (κ1) is 12.2. The highest BCUT2D eigenvalue weighted by atomic mass is 16.5. The maximum absolute atomic E-state index is 5.79. The first-order valence-corrected chi connectivity index (χ1v) is 6.79. The second kappa shape index (κ2) is 5.05. The van der Waals surface area contributed by atoms with Crippen molar-refractivity contribution in [3.8, 4) is 0 Å². The van der Waals surface area contributed by atoms with E-state index in [1.54, 1.807) is 0 Å². The summed E-state index contributed by atoms with van der Waals surface area (Å²) in [5.74, 6) is 1.03. The van der Waals surface area contributed by atoms with Gasteiger partial charge in [0.2, 0.25) is 0 Å². The standard InChI is InChI=1S/C15H19N3O/c1-2-13-10-18(7-8-19-13)15-6-3-11-9-12(16)4-5-14(11)17-15/h3-6,9,13H,2,7-8,10,16H2,1H3. The summed E-state index contributed by atoms with van der Waals surface area (Å²) in [4.78, 5) is 7.02. The van der Waals surface area contributed by atoms with Gasteiger partial charge in [-0.25, -0.2) is 4.98 Å². The zero-order valence-electron chi connectivity index (χ0n) is 11.2. The number of hydrogen-bond acceptors (Lipinski definition) is 4. The third-order valence-electron chi connectivity index (χ3n) is 3.62. The highest BCUT2D eigenvalue weighted by Gasteiger charge is 2.20. The van der Waals surface area contributed by atoms with Crippen LogP contribution in [0.25, 0.3) is 10.9 Å². The molecule has 2 aromatic rings. The predicted octanol–water partition coefficient (Wildman–Crippen LogP) is 2.43. The van der Waals surface area contributed by atoms with Crippen LogP contribution in [-0.4, -0.2) is 30.8 Å². The van der Waals surface area contributed by atoms with Crippen molar-refractivity contribution in [2.24, 2.45) is 0 Å². The fourth-order valence-corrected chi connectivity index (χ4v) is 2.48. The van der Waals surface area contributed by atoms with E-state index in [2.05, 4.69) is 24.0 Å². The molecule has 19 heavy (non-hydrogen) atoms. The fourth-order valence-electron chi connectivity index (χ4n) is 2.48. The molecule has 0 amide bonds. The van der Waals surface area contributed by atoms with E-state index in [-0.39, 0.29) is 0 Å². The zero-order valence-corrected chi connectivity index (χ0v) is 11.2. The Labute approximate surface area is 113 Å². The van der Waals surface area contributed by atoms with Crippen LogP contribution < -0.4 is 10.6 Å². The maximum atomic E-state index is 5.79. The first-order chi connectivity index (χ1) is 9.26. The van der Waals surface area contributed by atoms with E-state index in [4.69, 9.17) is 15.5 Å². The van der Waals surface area contributed by atoms with Crippen molar-refractivity contribution in [2.75, 3.05) is 30.3 Å². The van der Waals surface area contributed by atoms with Crippen LogP contribution >= 0.6 is 0 Å². The minimum atomic E-state index is 0.317. The molecule has 0 aliphatic carbocycles. The number of nitrogens with two attached hydrogens (primary N) is 1. The Kier molecular flexibility index (Phi) is 3.25. The van der Waals surface area contributed by atoms with Gasteiger partial charge < -0.3 is 15.4 Å². The third-order valence-corrected chi connectivity index (χ3v) is 3.62. The number of fused-ring (bicyclic) bond motifs is 1. The zero-order chi connectivity index (χ0) is 13.2. The number of morpholine rings is 1. The van der Waals surface area contributed by atoms with Gasteiger partial charge in [0, 0.05) is 24.2 Å². The van der Waals surface area contributed by atoms with Gasteiger partial charge in [-0.05, 0) is 36.8 Å². The van der Waals surface area contributed by atoms with Crippen molar-refractivity contribution in [3.05, 3.63) is 30.3 Å². The third kappa shape index (κ3) is 2.49. The summed E-state index contributed by atoms with van der Waals surface area (Å²) >= 11 is 0. The van der Waals surface area contributed by atoms with Gasteiger partial charge in [0.15, 0.2) is 0 Å². The average molecular weight is 257 g/mol. The van der Waals surface area contributed by atoms with E-state index in [0.29, 0.717) is 6.10 Å². The van der Waals surface area contributed by atoms with Crippen molar-refractivity contribution in [3.63, 3.8) is 0 Å². The molecule has 0 saturated carbocycles. The average Bonchev–Trinajstić information content (AvgIpc) is 2.46. The summed E-state index contributed by atoms with van der Waals surface area (Å²) in [6.07, 6.45) is 1.36. The summed E-state index contributed by atoms with van der Waals surface area (Å²) in [6, 6.07) is 9.99. The molecule has 4 nitrogen and oxygen atoms in total. The molecule has 1 saturated heterocycles. The highest BCUT2D eigenvalue weighted by Crippen LogP contribution is 2.22. The Morgan fingerprint density at radius 1 is 1.37 bits per heavy atom. The SMILES string of the molecule is CCC1CN(c2ccc3cc(N)ccc3n2)CCO1. The van der Waals surface area contributed by atoms with Crippen molar-refractivity contribution >= 4 is 22.4 Å². The minimum Gasteiger partial charge on any atom is -0.399 e. The van der Waals surface area contributed by atoms with E-state index >= 15 is 0 Å². The largest absolute Gasteiger partial charge is 0.399 e. The Balaban J connectivity index is 1.90. The molecule has 1 unspecified atom stereocenters. The lowest BCUT2D eigenvalue weighted by molar-refractivity contribution is 0.0382. The number of anilines is 2. The van der Waals surface area contributed by atoms with Crippen LogP contribution in [0.2, 0.25) is 0 Å². The molecule has 0 spiro atoms. The maximum Gasteiger partial charge on any atom is 0.129 e. The van der Waals surface area contributed by atoms with Crippen molar-refractivity contribution < 1.29 is 4.74 Å². The van der Waals surface area contributed by atoms with E-state index < -0.39 is 0 Å². The summed E-state index contributed by atoms with van der Waals surface area (Å²) < 4.78 is 5.70. The number of aromatic nitrogens is 1.